The van der Waals surface area contributed by atoms with Gasteiger partial charge in [-0.25, -0.2) is 0 Å². The number of ether oxygens (including phenoxy) is 3. The average molecular weight is 1750 g/mol. The molecule has 8 heterocycles. The number of unbranched alkanes of at least 4 members (excludes halogenated alkanes) is 5. The normalized spacial score (nSPS) is 17.5. The van der Waals surface area contributed by atoms with E-state index in [-0.39, 0.29) is 88.4 Å². The molecule has 0 aliphatic carbocycles. The molecule has 1 unspecified atom stereocenters. The van der Waals surface area contributed by atoms with E-state index in [1.54, 1.807) is 0 Å². The number of hydrogen-bond acceptors (Lipinski definition) is 28. The summed E-state index contributed by atoms with van der Waals surface area (Å²) in [6.07, 6.45) is 3.18. The van der Waals surface area contributed by atoms with Gasteiger partial charge in [-0.15, -0.1) is 0 Å². The van der Waals surface area contributed by atoms with E-state index in [4.69, 9.17) is 57.8 Å². The van der Waals surface area contributed by atoms with E-state index in [9.17, 15) is 64.2 Å². The summed E-state index contributed by atoms with van der Waals surface area (Å²) in [5.74, 6) is 20.9. The van der Waals surface area contributed by atoms with Crippen LogP contribution in [0.1, 0.15) is 106 Å². The van der Waals surface area contributed by atoms with Gasteiger partial charge in [-0.2, -0.15) is 23.6 Å². The number of amidine groups is 4. The number of nitrogens with two attached hydrogens (primary N) is 4. The number of fused-ring (bicyclic) bond motifs is 12. The molecule has 0 saturated heterocycles. The summed E-state index contributed by atoms with van der Waals surface area (Å²) in [5.41, 5.74) is 3.99. The fraction of sp³-hybridized carbons (Fsp3) is 0.535. The van der Waals surface area contributed by atoms with Gasteiger partial charge in [0, 0.05) is 0 Å². The van der Waals surface area contributed by atoms with Crippen LogP contribution in [-0.4, -0.2) is 252 Å². The Bertz CT molecular complexity index is 5400. The van der Waals surface area contributed by atoms with Gasteiger partial charge in [-0.05, 0) is 0 Å². The number of rotatable bonds is 52. The molecule has 115 heavy (non-hydrogen) atoms. The number of aromatic nitrogens is 2. The van der Waals surface area contributed by atoms with Gasteiger partial charge in [0.25, 0.3) is 0 Å². The molecule has 6 aliphatic heterocycles. The van der Waals surface area contributed by atoms with Crippen LogP contribution in [0.2, 0.25) is 38.3 Å². The topological polar surface area (TPSA) is 481 Å². The van der Waals surface area contributed by atoms with Crippen molar-refractivity contribution in [1.29, 1.82) is 0 Å². The number of carbonyl (C=O) groups excluding carboxylic acids is 1. The molecule has 0 saturated carbocycles. The first-order chi connectivity index (χ1) is 54.5. The van der Waals surface area contributed by atoms with Gasteiger partial charge in [0.2, 0.25) is 0 Å². The van der Waals surface area contributed by atoms with Crippen LogP contribution >= 0.6 is 0 Å². The third-order valence-electron chi connectivity index (χ3n) is 22.8. The molecule has 10 N–H and O–H groups in total. The zero-order valence-corrected chi connectivity index (χ0v) is 72.2. The van der Waals surface area contributed by atoms with Crippen molar-refractivity contribution in [1.82, 2.24) is 8.47 Å². The Morgan fingerprint density at radius 3 is 1.12 bits per heavy atom. The second-order valence-electron chi connectivity index (χ2n) is 31.6. The first kappa shape index (κ1) is 87.8. The van der Waals surface area contributed by atoms with E-state index in [0.29, 0.717) is 160 Å². The van der Waals surface area contributed by atoms with E-state index in [2.05, 4.69) is 60.8 Å². The van der Waals surface area contributed by atoms with Crippen molar-refractivity contribution >= 4 is 137 Å². The second kappa shape index (κ2) is 34.3. The number of nitrogens with zero attached hydrogens (tertiary/aromatic N) is 10. The molecular weight excluding hydrogens is 1650 g/mol. The van der Waals surface area contributed by atoms with Gasteiger partial charge in [-0.3, -0.25) is 4.79 Å². The zero-order chi connectivity index (χ0) is 82.6. The number of quaternary nitrogens is 2. The predicted molar refractivity (Wildman–Crippen MR) is 436 cm³/mol. The van der Waals surface area contributed by atoms with E-state index in [0.717, 1.165) is 43.8 Å². The molecule has 0 bridgehead atoms. The molecule has 0 amide bonds. The summed E-state index contributed by atoms with van der Waals surface area (Å²) >= 11 is 0. The maximum absolute atomic E-state index is 12.8. The second-order valence-corrected chi connectivity index (χ2v) is 54.2. The quantitative estimate of drug-likeness (QED) is 0.0101. The van der Waals surface area contributed by atoms with Crippen molar-refractivity contribution in [3.05, 3.63) is 130 Å². The monoisotopic (exact) mass is 1750 g/mol. The van der Waals surface area contributed by atoms with Crippen LogP contribution in [0.4, 0.5) is 11.6 Å². The van der Waals surface area contributed by atoms with E-state index in [1.807, 2.05) is 97.1 Å². The van der Waals surface area contributed by atoms with E-state index in [1.165, 1.54) is 0 Å². The SMILES string of the molecule is C[Si](C)(CCC[N+](CCCCS(=O)(=O)O)(CCCCS(=O)(=O)ON)CCCCS(=O)(=O)ON)O[Si-2]123(O[Si](C)(C)CCC[N+](CCCCS(=O)(=O)O)(CCCCS(=O)(=O)ON)CCOCCOCCOCCC(=O)ON)n4c5c6ccccc6c4N=C4c6ccccc6C(=[N+]41)N=c1c4ccccc4c(n12)=NC1=[N+]3C(=N5)c2ccccc21. The van der Waals surface area contributed by atoms with Crippen LogP contribution in [0.3, 0.4) is 0 Å². The van der Waals surface area contributed by atoms with Crippen molar-refractivity contribution < 1.29 is 114 Å². The molecule has 44 heteroatoms. The van der Waals surface area contributed by atoms with Gasteiger partial charge in [0.1, 0.15) is 0 Å². The van der Waals surface area contributed by atoms with Crippen molar-refractivity contribution in [2.24, 2.45) is 43.6 Å². The van der Waals surface area contributed by atoms with Crippen molar-refractivity contribution in [3.63, 3.8) is 0 Å². The molecule has 0 radical (unpaired) electrons. The van der Waals surface area contributed by atoms with Crippen LogP contribution < -0.4 is 34.6 Å². The average Bonchev–Trinajstić information content (AvgIpc) is 1.45. The van der Waals surface area contributed by atoms with Crippen LogP contribution in [0.5, 0.6) is 0 Å². The molecule has 632 valence electrons. The molecule has 0 fully saturated rings. The van der Waals surface area contributed by atoms with E-state index < -0.39 is 104 Å². The Hall–Kier alpha value is -6.53. The summed E-state index contributed by atoms with van der Waals surface area (Å²) in [6, 6.07) is 32.9. The number of hydrogen-bond donors (Lipinski definition) is 6. The van der Waals surface area contributed by atoms with Crippen molar-refractivity contribution in [2.75, 3.05) is 121 Å². The third kappa shape index (κ3) is 17.6. The summed E-state index contributed by atoms with van der Waals surface area (Å²) in [5, 5.41) is 2.99. The molecule has 6 aromatic rings. The summed E-state index contributed by atoms with van der Waals surface area (Å²) < 4.78 is 205. The maximum atomic E-state index is 12.8. The Balaban J connectivity index is 1.04. The molecule has 12 rings (SSSR count). The van der Waals surface area contributed by atoms with Crippen LogP contribution in [0.25, 0.3) is 21.5 Å². The first-order valence-electron chi connectivity index (χ1n) is 38.7. The van der Waals surface area contributed by atoms with Gasteiger partial charge in [-0.1, -0.05) is 0 Å². The molecule has 4 aromatic carbocycles. The van der Waals surface area contributed by atoms with E-state index >= 15 is 0 Å². The van der Waals surface area contributed by atoms with Gasteiger partial charge < -0.3 is 9.57 Å². The summed E-state index contributed by atoms with van der Waals surface area (Å²) in [4.78, 5) is 39.3. The van der Waals surface area contributed by atoms with Gasteiger partial charge in [0.05, 0.1) is 26.2 Å². The molecule has 1 spiro atoms. The van der Waals surface area contributed by atoms with Crippen molar-refractivity contribution in [3.8, 4) is 0 Å². The summed E-state index contributed by atoms with van der Waals surface area (Å²) in [6.45, 7) is 12.9. The molecule has 36 nitrogen and oxygen atoms in total. The zero-order valence-electron chi connectivity index (χ0n) is 65.2. The molecule has 1 atom stereocenters. The van der Waals surface area contributed by atoms with Crippen LogP contribution in [0, 0.1) is 0 Å². The van der Waals surface area contributed by atoms with Crippen LogP contribution in [0.15, 0.2) is 117 Å². The predicted octanol–water partition coefficient (Wildman–Crippen LogP) is 4.38. The third-order valence-corrected chi connectivity index (χ3v) is 44.3. The molecular formula is C71H106N14O22S5Si3+2. The minimum atomic E-state index is -7.45. The number of aliphatic imine (C=N–C) groups is 2. The number of benzene rings is 4. The first-order valence-corrected chi connectivity index (χ1v) is 55.5. The Labute approximate surface area is 671 Å². The fourth-order valence-electron chi connectivity index (χ4n) is 18.1. The summed E-state index contributed by atoms with van der Waals surface area (Å²) in [7, 11) is -36.0. The Morgan fingerprint density at radius 1 is 0.417 bits per heavy atom. The Kier molecular flexibility index (Phi) is 26.2. The van der Waals surface area contributed by atoms with Crippen LogP contribution in [-0.2, 0) is 95.5 Å². The van der Waals surface area contributed by atoms with Gasteiger partial charge >= 0.3 is 612 Å². The standard InChI is InChI=1S/C71H104N14O22S5Si3/c1-113(2,53-23-39-84(34-13-18-48-108(87,88)89,35-15-20-50-110(93,94)103-73)36-16-21-51-111(95,96)104-74)106-115(107-114(3,4)54-24-40-85(37-14-19-49-109(90,91)92,38-17-22-52-112(97,98)105-75)41-43-100-45-47-101-46-44-99-42-33-63(86)102-72)80-64-55-25-5-6-26-56(55)65(80)77-67-59-29-9-10-30-60(59)69(82(67)115)79-71-62-32-12-11-31-61(62)70(83(71)115)78-68-58-28-8-7-27-57(58)66(76-64)81(68)115/h5-12,25-32H,13-24,33-54,72-75H2,1-4H3/p+2. The van der Waals surface area contributed by atoms with Crippen molar-refractivity contribution in [2.45, 2.75) is 122 Å². The van der Waals surface area contributed by atoms with Gasteiger partial charge in [0.15, 0.2) is 0 Å². The molecule has 2 aromatic heterocycles. The Morgan fingerprint density at radius 2 is 0.748 bits per heavy atom. The minimum absolute atomic E-state index is 0.0250. The number of carbonyl (C=O) groups is 1. The molecule has 6 aliphatic rings. The fourth-order valence-corrected chi connectivity index (χ4v) is 43.4.